The topological polar surface area (TPSA) is 68.3 Å². The van der Waals surface area contributed by atoms with Crippen LogP contribution in [0.2, 0.25) is 0 Å². The van der Waals surface area contributed by atoms with Crippen LogP contribution in [0.1, 0.15) is 18.5 Å². The van der Waals surface area contributed by atoms with Gasteiger partial charge in [-0.05, 0) is 6.42 Å². The Kier molecular flexibility index (Phi) is 3.96. The van der Waals surface area contributed by atoms with Gasteiger partial charge in [0.1, 0.15) is 17.7 Å². The van der Waals surface area contributed by atoms with Crippen LogP contribution in [-0.2, 0) is 20.9 Å². The number of ether oxygens (including phenoxy) is 1. The molecule has 1 aromatic heterocycles. The number of carbonyl (C=O) groups is 2. The molecule has 1 amide bonds. The van der Waals surface area contributed by atoms with Gasteiger partial charge >= 0.3 is 5.97 Å². The second-order valence-electron chi connectivity index (χ2n) is 4.78. The molecule has 0 saturated carbocycles. The van der Waals surface area contributed by atoms with Crippen LogP contribution in [0.3, 0.4) is 0 Å². The van der Waals surface area contributed by atoms with Gasteiger partial charge in [0, 0.05) is 17.4 Å². The minimum Gasteiger partial charge on any atom is -0.458 e. The number of esters is 1. The van der Waals surface area contributed by atoms with Crippen LogP contribution in [0.15, 0.2) is 35.7 Å². The van der Waals surface area contributed by atoms with E-state index in [1.54, 1.807) is 0 Å². The maximum atomic E-state index is 11.8. The van der Waals surface area contributed by atoms with E-state index in [9.17, 15) is 9.59 Å². The average Bonchev–Trinajstić information content (AvgIpc) is 3.15. The van der Waals surface area contributed by atoms with Gasteiger partial charge < -0.3 is 10.1 Å². The summed E-state index contributed by atoms with van der Waals surface area (Å²) in [7, 11) is 0. The molecule has 0 aliphatic carbocycles. The third-order valence-electron chi connectivity index (χ3n) is 3.21. The largest absolute Gasteiger partial charge is 0.458 e. The molecule has 0 spiro atoms. The number of amides is 1. The average molecular weight is 302 g/mol. The molecule has 1 atom stereocenters. The molecule has 1 aromatic carbocycles. The molecule has 1 aliphatic heterocycles. The Hall–Kier alpha value is -2.21. The maximum absolute atomic E-state index is 11.8. The van der Waals surface area contributed by atoms with Crippen molar-refractivity contribution in [2.75, 3.05) is 0 Å². The number of carbonyl (C=O) groups excluding carboxylic acids is 2. The molecule has 0 unspecified atom stereocenters. The third-order valence-corrected chi connectivity index (χ3v) is 4.15. The molecule has 6 heteroatoms. The molecule has 1 fully saturated rings. The number of nitrogens with zero attached hydrogens (tertiary/aromatic N) is 1. The van der Waals surface area contributed by atoms with Crippen LogP contribution in [0, 0.1) is 0 Å². The summed E-state index contributed by atoms with van der Waals surface area (Å²) < 4.78 is 5.20. The van der Waals surface area contributed by atoms with Crippen molar-refractivity contribution < 1.29 is 14.3 Å². The Labute approximate surface area is 126 Å². The van der Waals surface area contributed by atoms with Gasteiger partial charge in [0.2, 0.25) is 5.91 Å². The highest BCUT2D eigenvalue weighted by Crippen LogP contribution is 2.23. The summed E-state index contributed by atoms with van der Waals surface area (Å²) in [4.78, 5) is 27.3. The van der Waals surface area contributed by atoms with Crippen LogP contribution >= 0.6 is 11.3 Å². The van der Waals surface area contributed by atoms with E-state index in [-0.39, 0.29) is 12.5 Å². The number of hydrogen-bond acceptors (Lipinski definition) is 5. The molecule has 1 N–H and O–H groups in total. The van der Waals surface area contributed by atoms with Crippen molar-refractivity contribution in [1.82, 2.24) is 10.3 Å². The molecule has 3 rings (SSSR count). The van der Waals surface area contributed by atoms with Crippen molar-refractivity contribution in [3.8, 4) is 10.6 Å². The highest BCUT2D eigenvalue weighted by atomic mass is 32.1. The fourth-order valence-corrected chi connectivity index (χ4v) is 2.93. The standard InChI is InChI=1S/C15H14N2O3S/c18-13-7-6-12(17-13)15(19)20-8-11-9-21-14(16-11)10-4-2-1-3-5-10/h1-5,9,12H,6-8H2,(H,17,18)/t12-/m0/s1. The molecule has 2 heterocycles. The van der Waals surface area contributed by atoms with Gasteiger partial charge in [0.15, 0.2) is 0 Å². The summed E-state index contributed by atoms with van der Waals surface area (Å²) in [5.41, 5.74) is 1.76. The molecule has 1 aliphatic rings. The smallest absolute Gasteiger partial charge is 0.329 e. The van der Waals surface area contributed by atoms with Crippen LogP contribution < -0.4 is 5.32 Å². The summed E-state index contributed by atoms with van der Waals surface area (Å²) in [6.07, 6.45) is 0.888. The summed E-state index contributed by atoms with van der Waals surface area (Å²) in [6, 6.07) is 9.34. The van der Waals surface area contributed by atoms with Gasteiger partial charge in [0.25, 0.3) is 0 Å². The van der Waals surface area contributed by atoms with Crippen LogP contribution in [0.5, 0.6) is 0 Å². The van der Waals surface area contributed by atoms with E-state index in [0.717, 1.165) is 16.3 Å². The fraction of sp³-hybridized carbons (Fsp3) is 0.267. The molecule has 0 bridgehead atoms. The molecule has 108 valence electrons. The first-order chi connectivity index (χ1) is 10.2. The lowest BCUT2D eigenvalue weighted by Crippen LogP contribution is -2.34. The zero-order chi connectivity index (χ0) is 14.7. The van der Waals surface area contributed by atoms with Gasteiger partial charge in [-0.1, -0.05) is 30.3 Å². The van der Waals surface area contributed by atoms with E-state index < -0.39 is 12.0 Å². The Morgan fingerprint density at radius 1 is 1.38 bits per heavy atom. The molecular weight excluding hydrogens is 288 g/mol. The van der Waals surface area contributed by atoms with Gasteiger partial charge in [0.05, 0.1) is 5.69 Å². The lowest BCUT2D eigenvalue weighted by Gasteiger charge is -2.08. The molecule has 1 saturated heterocycles. The van der Waals surface area contributed by atoms with Gasteiger partial charge in [-0.25, -0.2) is 9.78 Å². The third kappa shape index (κ3) is 3.28. The van der Waals surface area contributed by atoms with Crippen molar-refractivity contribution in [2.45, 2.75) is 25.5 Å². The number of hydrogen-bond donors (Lipinski definition) is 1. The summed E-state index contributed by atoms with van der Waals surface area (Å²) in [5.74, 6) is -0.493. The van der Waals surface area contributed by atoms with Crippen LogP contribution in [0.25, 0.3) is 10.6 Å². The van der Waals surface area contributed by atoms with E-state index in [0.29, 0.717) is 12.8 Å². The zero-order valence-electron chi connectivity index (χ0n) is 11.2. The van der Waals surface area contributed by atoms with E-state index in [1.165, 1.54) is 11.3 Å². The molecular formula is C15H14N2O3S. The molecule has 21 heavy (non-hydrogen) atoms. The van der Waals surface area contributed by atoms with Crippen molar-refractivity contribution >= 4 is 23.2 Å². The van der Waals surface area contributed by atoms with Crippen molar-refractivity contribution in [1.29, 1.82) is 0 Å². The fourth-order valence-electron chi connectivity index (χ4n) is 2.12. The summed E-state index contributed by atoms with van der Waals surface area (Å²) >= 11 is 1.51. The quantitative estimate of drug-likeness (QED) is 0.879. The first-order valence-electron chi connectivity index (χ1n) is 6.68. The van der Waals surface area contributed by atoms with Crippen LogP contribution in [0.4, 0.5) is 0 Å². The Morgan fingerprint density at radius 3 is 2.90 bits per heavy atom. The Bertz CT molecular complexity index is 654. The van der Waals surface area contributed by atoms with E-state index in [1.807, 2.05) is 35.7 Å². The van der Waals surface area contributed by atoms with Gasteiger partial charge in [-0.3, -0.25) is 4.79 Å². The first kappa shape index (κ1) is 13.8. The minimum atomic E-state index is -0.510. The summed E-state index contributed by atoms with van der Waals surface area (Å²) in [6.45, 7) is 0.133. The summed E-state index contributed by atoms with van der Waals surface area (Å²) in [5, 5.41) is 5.37. The Morgan fingerprint density at radius 2 is 2.19 bits per heavy atom. The molecule has 0 radical (unpaired) electrons. The second kappa shape index (κ2) is 6.05. The van der Waals surface area contributed by atoms with Crippen LogP contribution in [-0.4, -0.2) is 22.9 Å². The second-order valence-corrected chi connectivity index (χ2v) is 5.63. The molecule has 5 nitrogen and oxygen atoms in total. The van der Waals surface area contributed by atoms with Gasteiger partial charge in [-0.15, -0.1) is 11.3 Å². The number of thiazole rings is 1. The monoisotopic (exact) mass is 302 g/mol. The zero-order valence-corrected chi connectivity index (χ0v) is 12.1. The normalized spacial score (nSPS) is 17.5. The lowest BCUT2D eigenvalue weighted by molar-refractivity contribution is -0.147. The SMILES string of the molecule is O=C1CC[C@@H](C(=O)OCc2csc(-c3ccccc3)n2)N1. The van der Waals surface area contributed by atoms with Crippen molar-refractivity contribution in [3.05, 3.63) is 41.4 Å². The van der Waals surface area contributed by atoms with Crippen molar-refractivity contribution in [3.63, 3.8) is 0 Å². The predicted molar refractivity (Wildman–Crippen MR) is 78.5 cm³/mol. The van der Waals surface area contributed by atoms with Crippen molar-refractivity contribution in [2.24, 2.45) is 0 Å². The van der Waals surface area contributed by atoms with E-state index in [2.05, 4.69) is 10.3 Å². The lowest BCUT2D eigenvalue weighted by atomic mass is 10.2. The predicted octanol–water partition coefficient (Wildman–Crippen LogP) is 2.13. The highest BCUT2D eigenvalue weighted by molar-refractivity contribution is 7.13. The maximum Gasteiger partial charge on any atom is 0.329 e. The number of aromatic nitrogens is 1. The van der Waals surface area contributed by atoms with Gasteiger partial charge in [-0.2, -0.15) is 0 Å². The molecule has 2 aromatic rings. The Balaban J connectivity index is 1.58. The number of benzene rings is 1. The van der Waals surface area contributed by atoms with E-state index in [4.69, 9.17) is 4.74 Å². The minimum absolute atomic E-state index is 0.100. The highest BCUT2D eigenvalue weighted by Gasteiger charge is 2.28. The number of nitrogens with one attached hydrogen (secondary N) is 1. The van der Waals surface area contributed by atoms with E-state index >= 15 is 0 Å². The number of rotatable bonds is 4. The first-order valence-corrected chi connectivity index (χ1v) is 7.56.